The number of hydrogen-bond donors (Lipinski definition) is 1. The molecule has 1 N–H and O–H groups in total. The molecule has 2 bridgehead atoms. The van der Waals surface area contributed by atoms with Crippen LogP contribution in [0, 0.1) is 0 Å². The number of aliphatic imine (C=N–C) groups is 1. The number of fused-ring (bicyclic) bond motifs is 1. The van der Waals surface area contributed by atoms with Crippen LogP contribution in [-0.4, -0.2) is 24.5 Å². The van der Waals surface area contributed by atoms with Gasteiger partial charge in [-0.3, -0.25) is 4.99 Å². The van der Waals surface area contributed by atoms with E-state index in [1.807, 2.05) is 0 Å². The van der Waals surface area contributed by atoms with Gasteiger partial charge in [0.2, 0.25) is 0 Å². The van der Waals surface area contributed by atoms with Crippen LogP contribution in [0.3, 0.4) is 0 Å². The van der Waals surface area contributed by atoms with E-state index in [-0.39, 0.29) is 5.41 Å². The van der Waals surface area contributed by atoms with Crippen LogP contribution in [0.2, 0.25) is 0 Å². The Balaban J connectivity index is 1.91. The average Bonchev–Trinajstić information content (AvgIpc) is 2.56. The Morgan fingerprint density at radius 2 is 1.68 bits per heavy atom. The summed E-state index contributed by atoms with van der Waals surface area (Å²) in [6.07, 6.45) is 2.57. The van der Waals surface area contributed by atoms with Crippen LogP contribution in [0.25, 0.3) is 0 Å². The van der Waals surface area contributed by atoms with Gasteiger partial charge >= 0.3 is 0 Å². The van der Waals surface area contributed by atoms with Crippen LogP contribution in [0.1, 0.15) is 47.4 Å². The standard InChI is InChI=1S/C20H21NO/c1-21-13-14(22)12-20-11-10-15(16-6-2-4-8-18(16)20)17-7-3-5-9-19(17)20/h2-9,14-15,22H,1,10-13H2/t14-,15?,20?/m1/s1. The molecule has 0 spiro atoms. The predicted molar refractivity (Wildman–Crippen MR) is 89.8 cm³/mol. The molecular formula is C20H21NO. The molecule has 0 aromatic heterocycles. The number of benzene rings is 2. The molecule has 22 heavy (non-hydrogen) atoms. The van der Waals surface area contributed by atoms with E-state index in [1.54, 1.807) is 0 Å². The van der Waals surface area contributed by atoms with E-state index in [0.29, 0.717) is 12.5 Å². The number of hydrogen-bond acceptors (Lipinski definition) is 2. The van der Waals surface area contributed by atoms with Gasteiger partial charge in [0.05, 0.1) is 12.6 Å². The third kappa shape index (κ3) is 1.80. The zero-order chi connectivity index (χ0) is 15.2. The van der Waals surface area contributed by atoms with Crippen molar-refractivity contribution < 1.29 is 5.11 Å². The SMILES string of the molecule is C=NC[C@H](O)CC12CCC(c3ccccc31)c1ccccc12. The Labute approximate surface area is 131 Å². The molecule has 0 amide bonds. The summed E-state index contributed by atoms with van der Waals surface area (Å²) in [5, 5.41) is 10.4. The third-order valence-electron chi connectivity index (χ3n) is 5.49. The van der Waals surface area contributed by atoms with Crippen molar-refractivity contribution in [2.75, 3.05) is 6.54 Å². The van der Waals surface area contributed by atoms with Gasteiger partial charge in [0.15, 0.2) is 0 Å². The number of rotatable bonds is 4. The molecule has 3 aliphatic carbocycles. The molecule has 0 saturated carbocycles. The smallest absolute Gasteiger partial charge is 0.0746 e. The minimum absolute atomic E-state index is 0.0634. The lowest BCUT2D eigenvalue weighted by Crippen LogP contribution is -2.42. The third-order valence-corrected chi connectivity index (χ3v) is 5.49. The molecule has 2 aromatic carbocycles. The molecule has 0 unspecified atom stereocenters. The Morgan fingerprint density at radius 3 is 2.27 bits per heavy atom. The summed E-state index contributed by atoms with van der Waals surface area (Å²) < 4.78 is 0. The van der Waals surface area contributed by atoms with Crippen LogP contribution >= 0.6 is 0 Å². The highest BCUT2D eigenvalue weighted by Crippen LogP contribution is 2.57. The number of aliphatic hydroxyl groups excluding tert-OH is 1. The molecule has 0 fully saturated rings. The first-order chi connectivity index (χ1) is 10.8. The van der Waals surface area contributed by atoms with E-state index in [1.165, 1.54) is 28.7 Å². The van der Waals surface area contributed by atoms with Gasteiger partial charge in [-0.25, -0.2) is 0 Å². The zero-order valence-corrected chi connectivity index (χ0v) is 12.7. The molecular weight excluding hydrogens is 270 g/mol. The van der Waals surface area contributed by atoms with Gasteiger partial charge in [0.25, 0.3) is 0 Å². The summed E-state index contributed by atoms with van der Waals surface area (Å²) in [7, 11) is 0. The fraction of sp³-hybridized carbons (Fsp3) is 0.350. The van der Waals surface area contributed by atoms with Crippen molar-refractivity contribution in [1.29, 1.82) is 0 Å². The van der Waals surface area contributed by atoms with Crippen molar-refractivity contribution in [3.05, 3.63) is 70.8 Å². The highest BCUT2D eigenvalue weighted by molar-refractivity contribution is 5.59. The minimum Gasteiger partial charge on any atom is -0.391 e. The Morgan fingerprint density at radius 1 is 1.09 bits per heavy atom. The lowest BCUT2D eigenvalue weighted by atomic mass is 9.53. The summed E-state index contributed by atoms with van der Waals surface area (Å²) >= 11 is 0. The Hall–Kier alpha value is -1.93. The van der Waals surface area contributed by atoms with Gasteiger partial charge < -0.3 is 5.11 Å². The van der Waals surface area contributed by atoms with Crippen molar-refractivity contribution in [2.24, 2.45) is 4.99 Å². The fourth-order valence-corrected chi connectivity index (χ4v) is 4.69. The largest absolute Gasteiger partial charge is 0.391 e. The Kier molecular flexibility index (Phi) is 3.16. The van der Waals surface area contributed by atoms with Crippen LogP contribution in [0.15, 0.2) is 53.5 Å². The van der Waals surface area contributed by atoms with Crippen LogP contribution in [0.5, 0.6) is 0 Å². The van der Waals surface area contributed by atoms with Crippen molar-refractivity contribution in [3.8, 4) is 0 Å². The van der Waals surface area contributed by atoms with E-state index >= 15 is 0 Å². The Bertz CT molecular complexity index is 674. The molecule has 1 atom stereocenters. The maximum atomic E-state index is 10.4. The van der Waals surface area contributed by atoms with E-state index in [9.17, 15) is 5.11 Å². The van der Waals surface area contributed by atoms with Crippen molar-refractivity contribution in [3.63, 3.8) is 0 Å². The van der Waals surface area contributed by atoms with E-state index < -0.39 is 6.10 Å². The van der Waals surface area contributed by atoms with Crippen LogP contribution in [0.4, 0.5) is 0 Å². The van der Waals surface area contributed by atoms with E-state index in [4.69, 9.17) is 0 Å². The molecule has 5 rings (SSSR count). The zero-order valence-electron chi connectivity index (χ0n) is 12.7. The van der Waals surface area contributed by atoms with Crippen molar-refractivity contribution in [2.45, 2.75) is 36.7 Å². The van der Waals surface area contributed by atoms with Crippen LogP contribution < -0.4 is 0 Å². The quantitative estimate of drug-likeness (QED) is 0.857. The molecule has 0 aliphatic heterocycles. The van der Waals surface area contributed by atoms with Crippen molar-refractivity contribution in [1.82, 2.24) is 0 Å². The number of aliphatic hydroxyl groups is 1. The lowest BCUT2D eigenvalue weighted by molar-refractivity contribution is 0.137. The summed E-state index contributed by atoms with van der Waals surface area (Å²) in [5.41, 5.74) is 5.66. The normalized spacial score (nSPS) is 26.1. The summed E-state index contributed by atoms with van der Waals surface area (Å²) in [5.74, 6) is 0.518. The second-order valence-corrected chi connectivity index (χ2v) is 6.61. The average molecular weight is 291 g/mol. The molecule has 2 nitrogen and oxygen atoms in total. The molecule has 112 valence electrons. The maximum Gasteiger partial charge on any atom is 0.0746 e. The van der Waals surface area contributed by atoms with Gasteiger partial charge in [-0.2, -0.15) is 0 Å². The summed E-state index contributed by atoms with van der Waals surface area (Å²) in [6.45, 7) is 3.94. The molecule has 0 radical (unpaired) electrons. The van der Waals surface area contributed by atoms with Crippen LogP contribution in [-0.2, 0) is 5.41 Å². The molecule has 2 aromatic rings. The first-order valence-corrected chi connectivity index (χ1v) is 8.05. The van der Waals surface area contributed by atoms with Gasteiger partial charge in [-0.05, 0) is 48.2 Å². The molecule has 3 aliphatic rings. The van der Waals surface area contributed by atoms with Gasteiger partial charge in [-0.15, -0.1) is 0 Å². The maximum absolute atomic E-state index is 10.4. The summed E-state index contributed by atoms with van der Waals surface area (Å²) in [4.78, 5) is 3.89. The van der Waals surface area contributed by atoms with E-state index in [2.05, 4.69) is 60.2 Å². The number of nitrogens with zero attached hydrogens (tertiary/aromatic N) is 1. The van der Waals surface area contributed by atoms with E-state index in [0.717, 1.165) is 12.8 Å². The van der Waals surface area contributed by atoms with Crippen molar-refractivity contribution >= 4 is 6.72 Å². The molecule has 2 heteroatoms. The first-order valence-electron chi connectivity index (χ1n) is 8.05. The van der Waals surface area contributed by atoms with Gasteiger partial charge in [0.1, 0.15) is 0 Å². The second-order valence-electron chi connectivity index (χ2n) is 6.61. The molecule has 0 heterocycles. The lowest BCUT2D eigenvalue weighted by Gasteiger charge is -2.50. The topological polar surface area (TPSA) is 32.6 Å². The fourth-order valence-electron chi connectivity index (χ4n) is 4.69. The van der Waals surface area contributed by atoms with Gasteiger partial charge in [-0.1, -0.05) is 48.5 Å². The van der Waals surface area contributed by atoms with Gasteiger partial charge in [0, 0.05) is 11.3 Å². The highest BCUT2D eigenvalue weighted by Gasteiger charge is 2.48. The predicted octanol–water partition coefficient (Wildman–Crippen LogP) is 3.66. The highest BCUT2D eigenvalue weighted by atomic mass is 16.3. The second kappa shape index (κ2) is 5.06. The minimum atomic E-state index is -0.437. The monoisotopic (exact) mass is 291 g/mol. The first kappa shape index (κ1) is 13.7. The molecule has 0 saturated heterocycles. The summed E-state index contributed by atoms with van der Waals surface area (Å²) in [6, 6.07) is 17.6.